The normalized spacial score (nSPS) is 12.9. The molecule has 0 aliphatic rings. The molecular formula is C14H21N3O3. The van der Waals surface area contributed by atoms with Gasteiger partial charge >= 0.3 is 5.97 Å². The fraction of sp³-hybridized carbons (Fsp3) is 0.571. The number of esters is 1. The third-order valence-electron chi connectivity index (χ3n) is 2.46. The van der Waals surface area contributed by atoms with Crippen LogP contribution >= 0.6 is 0 Å². The summed E-state index contributed by atoms with van der Waals surface area (Å²) in [5, 5.41) is 9.91. The number of nitrogens with one attached hydrogen (secondary N) is 1. The van der Waals surface area contributed by atoms with Gasteiger partial charge in [0.05, 0.1) is 18.0 Å². The molecule has 0 aliphatic carbocycles. The highest BCUT2D eigenvalue weighted by atomic mass is 16.6. The summed E-state index contributed by atoms with van der Waals surface area (Å²) in [5.41, 5.74) is -0.234. The fourth-order valence-electron chi connectivity index (χ4n) is 1.51. The summed E-state index contributed by atoms with van der Waals surface area (Å²) in [4.78, 5) is 24.1. The van der Waals surface area contributed by atoms with Crippen molar-refractivity contribution in [1.29, 1.82) is 0 Å². The molecule has 1 heterocycles. The Balaban J connectivity index is 2.78. The van der Waals surface area contributed by atoms with E-state index in [1.54, 1.807) is 20.8 Å². The molecule has 1 N–H and O–H groups in total. The van der Waals surface area contributed by atoms with Crippen LogP contribution in [0.2, 0.25) is 0 Å². The second-order valence-electron chi connectivity index (χ2n) is 5.86. The molecule has 0 fully saturated rings. The van der Waals surface area contributed by atoms with Gasteiger partial charge in [-0.05, 0) is 32.8 Å². The summed E-state index contributed by atoms with van der Waals surface area (Å²) >= 11 is 0. The van der Waals surface area contributed by atoms with Crippen LogP contribution in [0.3, 0.4) is 0 Å². The first kappa shape index (κ1) is 16.1. The van der Waals surface area contributed by atoms with Crippen LogP contribution in [0.25, 0.3) is 0 Å². The Kier molecular flexibility index (Phi) is 5.19. The van der Waals surface area contributed by atoms with Gasteiger partial charge in [0, 0.05) is 0 Å². The minimum Gasteiger partial charge on any atom is -0.458 e. The van der Waals surface area contributed by atoms with Gasteiger partial charge < -0.3 is 10.1 Å². The van der Waals surface area contributed by atoms with Crippen LogP contribution in [-0.2, 0) is 9.53 Å². The molecule has 0 aromatic carbocycles. The largest absolute Gasteiger partial charge is 0.458 e. The number of rotatable bonds is 4. The van der Waals surface area contributed by atoms with Gasteiger partial charge in [0.2, 0.25) is 0 Å². The van der Waals surface area contributed by atoms with Gasteiger partial charge in [-0.25, -0.2) is 4.79 Å². The lowest BCUT2D eigenvalue weighted by atomic mass is 10.0. The molecule has 1 aromatic heterocycles. The molecule has 0 bridgehead atoms. The summed E-state index contributed by atoms with van der Waals surface area (Å²) < 4.78 is 5.32. The van der Waals surface area contributed by atoms with Gasteiger partial charge in [0.1, 0.15) is 11.6 Å². The number of carbonyl (C=O) groups is 2. The Bertz CT molecular complexity index is 466. The van der Waals surface area contributed by atoms with Crippen molar-refractivity contribution in [3.05, 3.63) is 24.0 Å². The molecule has 0 aliphatic heterocycles. The highest BCUT2D eigenvalue weighted by Crippen LogP contribution is 2.12. The maximum atomic E-state index is 12.1. The lowest BCUT2D eigenvalue weighted by Gasteiger charge is -2.26. The molecule has 110 valence electrons. The Morgan fingerprint density at radius 3 is 2.35 bits per heavy atom. The van der Waals surface area contributed by atoms with E-state index < -0.39 is 17.6 Å². The number of amides is 1. The van der Waals surface area contributed by atoms with Crippen molar-refractivity contribution >= 4 is 11.9 Å². The summed E-state index contributed by atoms with van der Waals surface area (Å²) in [6.45, 7) is 9.06. The van der Waals surface area contributed by atoms with Gasteiger partial charge in [-0.15, -0.1) is 0 Å². The van der Waals surface area contributed by atoms with Gasteiger partial charge in [0.25, 0.3) is 5.91 Å². The van der Waals surface area contributed by atoms with Crippen molar-refractivity contribution in [3.8, 4) is 0 Å². The van der Waals surface area contributed by atoms with Crippen molar-refractivity contribution in [2.75, 3.05) is 0 Å². The van der Waals surface area contributed by atoms with E-state index in [2.05, 4.69) is 15.5 Å². The van der Waals surface area contributed by atoms with Gasteiger partial charge in [-0.3, -0.25) is 4.79 Å². The first-order valence-electron chi connectivity index (χ1n) is 6.51. The van der Waals surface area contributed by atoms with E-state index in [-0.39, 0.29) is 11.8 Å². The first-order chi connectivity index (χ1) is 9.20. The second-order valence-corrected chi connectivity index (χ2v) is 5.86. The average molecular weight is 279 g/mol. The van der Waals surface area contributed by atoms with Crippen LogP contribution in [0.4, 0.5) is 0 Å². The Morgan fingerprint density at radius 1 is 1.25 bits per heavy atom. The fourth-order valence-corrected chi connectivity index (χ4v) is 1.51. The number of hydrogen-bond donors (Lipinski definition) is 1. The second kappa shape index (κ2) is 6.45. The molecule has 1 rings (SSSR count). The van der Waals surface area contributed by atoms with Crippen LogP contribution in [0.5, 0.6) is 0 Å². The first-order valence-corrected chi connectivity index (χ1v) is 6.51. The van der Waals surface area contributed by atoms with Gasteiger partial charge in [-0.1, -0.05) is 13.8 Å². The number of aromatic nitrogens is 2. The van der Waals surface area contributed by atoms with E-state index in [0.717, 1.165) is 0 Å². The van der Waals surface area contributed by atoms with Crippen molar-refractivity contribution in [1.82, 2.24) is 15.5 Å². The zero-order chi connectivity index (χ0) is 15.3. The average Bonchev–Trinajstić information content (AvgIpc) is 2.34. The molecule has 1 atom stereocenters. The molecule has 20 heavy (non-hydrogen) atoms. The number of hydrogen-bond acceptors (Lipinski definition) is 5. The topological polar surface area (TPSA) is 81.2 Å². The van der Waals surface area contributed by atoms with Crippen LogP contribution < -0.4 is 5.32 Å². The summed E-state index contributed by atoms with van der Waals surface area (Å²) in [6.07, 6.45) is 2.77. The lowest BCUT2D eigenvalue weighted by Crippen LogP contribution is -2.47. The molecule has 1 aromatic rings. The lowest BCUT2D eigenvalue weighted by molar-refractivity contribution is -0.158. The molecular weight excluding hydrogens is 258 g/mol. The maximum Gasteiger partial charge on any atom is 0.329 e. The van der Waals surface area contributed by atoms with Crippen LogP contribution in [0, 0.1) is 5.92 Å². The van der Waals surface area contributed by atoms with E-state index >= 15 is 0 Å². The van der Waals surface area contributed by atoms with E-state index in [0.29, 0.717) is 5.56 Å². The van der Waals surface area contributed by atoms with Gasteiger partial charge in [-0.2, -0.15) is 10.2 Å². The molecule has 6 nitrogen and oxygen atoms in total. The predicted molar refractivity (Wildman–Crippen MR) is 74.0 cm³/mol. The van der Waals surface area contributed by atoms with Crippen LogP contribution in [0.15, 0.2) is 18.5 Å². The van der Waals surface area contributed by atoms with Crippen molar-refractivity contribution in [3.63, 3.8) is 0 Å². The summed E-state index contributed by atoms with van der Waals surface area (Å²) in [6, 6.07) is 0.837. The zero-order valence-electron chi connectivity index (χ0n) is 12.5. The van der Waals surface area contributed by atoms with E-state index in [9.17, 15) is 9.59 Å². The molecule has 0 spiro atoms. The highest BCUT2D eigenvalue weighted by Gasteiger charge is 2.29. The monoisotopic (exact) mass is 279 g/mol. The Morgan fingerprint density at radius 2 is 1.90 bits per heavy atom. The van der Waals surface area contributed by atoms with E-state index in [1.807, 2.05) is 13.8 Å². The zero-order valence-corrected chi connectivity index (χ0v) is 12.5. The molecule has 1 amide bonds. The number of nitrogens with zero attached hydrogens (tertiary/aromatic N) is 2. The number of carbonyl (C=O) groups excluding carboxylic acids is 2. The van der Waals surface area contributed by atoms with Crippen molar-refractivity contribution < 1.29 is 14.3 Å². The summed E-state index contributed by atoms with van der Waals surface area (Å²) in [7, 11) is 0. The predicted octanol–water partition coefficient (Wildman–Crippen LogP) is 1.57. The van der Waals surface area contributed by atoms with Crippen LogP contribution in [0.1, 0.15) is 45.0 Å². The summed E-state index contributed by atoms with van der Waals surface area (Å²) in [5.74, 6) is -0.893. The maximum absolute atomic E-state index is 12.1. The van der Waals surface area contributed by atoms with Crippen molar-refractivity contribution in [2.45, 2.75) is 46.3 Å². The minimum absolute atomic E-state index is 0.0800. The standard InChI is InChI=1S/C14H21N3O3/c1-9(2)11(13(19)20-14(3,4)5)17-12(18)10-6-7-15-16-8-10/h6-9,11H,1-5H3,(H,17,18)/t11-/m1/s1. The third kappa shape index (κ3) is 4.95. The minimum atomic E-state index is -0.699. The highest BCUT2D eigenvalue weighted by molar-refractivity contribution is 5.96. The third-order valence-corrected chi connectivity index (χ3v) is 2.46. The molecule has 0 unspecified atom stereocenters. The Hall–Kier alpha value is -1.98. The SMILES string of the molecule is CC(C)[C@@H](NC(=O)c1ccnnc1)C(=O)OC(C)(C)C. The smallest absolute Gasteiger partial charge is 0.329 e. The molecule has 0 radical (unpaired) electrons. The van der Waals surface area contributed by atoms with Gasteiger partial charge in [0.15, 0.2) is 0 Å². The quantitative estimate of drug-likeness (QED) is 0.846. The number of ether oxygens (including phenoxy) is 1. The van der Waals surface area contributed by atoms with Crippen molar-refractivity contribution in [2.24, 2.45) is 5.92 Å². The van der Waals surface area contributed by atoms with E-state index in [4.69, 9.17) is 4.74 Å². The van der Waals surface area contributed by atoms with E-state index in [1.165, 1.54) is 18.5 Å². The Labute approximate surface area is 118 Å². The molecule has 6 heteroatoms. The van der Waals surface area contributed by atoms with Crippen LogP contribution in [-0.4, -0.2) is 33.7 Å². The molecule has 0 saturated carbocycles. The molecule has 0 saturated heterocycles.